The summed E-state index contributed by atoms with van der Waals surface area (Å²) in [5.74, 6) is -0.629. The number of hydrogen-bond acceptors (Lipinski definition) is 11. The third kappa shape index (κ3) is 8.26. The van der Waals surface area contributed by atoms with Gasteiger partial charge < -0.3 is 20.9 Å². The van der Waals surface area contributed by atoms with Gasteiger partial charge in [0, 0.05) is 72.9 Å². The highest BCUT2D eigenvalue weighted by molar-refractivity contribution is 7.89. The van der Waals surface area contributed by atoms with Crippen LogP contribution in [-0.4, -0.2) is 87.1 Å². The van der Waals surface area contributed by atoms with Crippen LogP contribution in [0.2, 0.25) is 0 Å². The van der Waals surface area contributed by atoms with Crippen molar-refractivity contribution < 1.29 is 22.8 Å². The van der Waals surface area contributed by atoms with Gasteiger partial charge in [0.15, 0.2) is 0 Å². The zero-order valence-corrected chi connectivity index (χ0v) is 31.7. The summed E-state index contributed by atoms with van der Waals surface area (Å²) in [4.78, 5) is 49.1. The van der Waals surface area contributed by atoms with Crippen LogP contribution in [0.25, 0.3) is 22.3 Å². The van der Waals surface area contributed by atoms with Gasteiger partial charge in [-0.2, -0.15) is 19.6 Å². The standard InChI is InChI=1S/C39H43N11O5S/c1-2-56(54,55)49-24-39(25-49,16-17-40)50-23-28(22-44-50)34-32-15-20-42-35(32)48-38(47-34)45-29-11-9-26(10-12-29)36(52)43-19-5-3-4-18-41-30-8-6-7-27(21-30)31-13-14-33(51)46-37(31)53/h6-12,15,20-23,31,41H,2-5,13-14,16,18-19,24-25H2,1H3,(H,43,52)(H,46,51,53)(H2,42,45,47,48). The number of nitriles is 1. The van der Waals surface area contributed by atoms with Crippen molar-refractivity contribution in [2.24, 2.45) is 0 Å². The van der Waals surface area contributed by atoms with Crippen molar-refractivity contribution in [1.82, 2.24) is 39.7 Å². The lowest BCUT2D eigenvalue weighted by Crippen LogP contribution is -2.64. The molecule has 2 aliphatic rings. The summed E-state index contributed by atoms with van der Waals surface area (Å²) in [7, 11) is -3.38. The average Bonchev–Trinajstić information content (AvgIpc) is 3.87. The van der Waals surface area contributed by atoms with Crippen LogP contribution in [0.4, 0.5) is 17.3 Å². The van der Waals surface area contributed by atoms with Crippen LogP contribution >= 0.6 is 0 Å². The molecule has 5 N–H and O–H groups in total. The maximum Gasteiger partial charge on any atom is 0.251 e. The fraction of sp³-hybridized carbons (Fsp3) is 0.359. The number of hydrogen-bond donors (Lipinski definition) is 5. The Hall–Kier alpha value is -6.12. The maximum atomic E-state index is 12.9. The van der Waals surface area contributed by atoms with Gasteiger partial charge in [-0.15, -0.1) is 0 Å². The molecule has 2 aliphatic heterocycles. The van der Waals surface area contributed by atoms with E-state index in [2.05, 4.69) is 42.4 Å². The SMILES string of the molecule is CCS(=O)(=O)N1CC(CC#N)(n2cc(-c3nc(Nc4ccc(C(=O)NCCCCCNc5cccc(C6CCC(=O)NC6=O)c5)cc4)nc4[nH]ccc34)cn2)C1. The predicted molar refractivity (Wildman–Crippen MR) is 210 cm³/mol. The van der Waals surface area contributed by atoms with Crippen molar-refractivity contribution in [2.75, 3.05) is 42.6 Å². The van der Waals surface area contributed by atoms with E-state index in [1.54, 1.807) is 54.5 Å². The molecule has 0 spiro atoms. The molecule has 17 heteroatoms. The second-order valence-corrected chi connectivity index (χ2v) is 16.4. The van der Waals surface area contributed by atoms with E-state index >= 15 is 0 Å². The highest BCUT2D eigenvalue weighted by atomic mass is 32.2. The molecule has 5 heterocycles. The summed E-state index contributed by atoms with van der Waals surface area (Å²) < 4.78 is 27.9. The molecule has 1 unspecified atom stereocenters. The maximum absolute atomic E-state index is 12.9. The highest BCUT2D eigenvalue weighted by Gasteiger charge is 2.49. The Morgan fingerprint density at radius 2 is 1.84 bits per heavy atom. The fourth-order valence-electron chi connectivity index (χ4n) is 7.07. The average molecular weight is 778 g/mol. The molecule has 0 radical (unpaired) electrons. The summed E-state index contributed by atoms with van der Waals surface area (Å²) in [5, 5.41) is 26.9. The molecule has 2 saturated heterocycles. The number of benzene rings is 2. The third-order valence-electron chi connectivity index (χ3n) is 10.3. The van der Waals surface area contributed by atoms with E-state index < -0.39 is 15.6 Å². The van der Waals surface area contributed by atoms with E-state index in [9.17, 15) is 28.1 Å². The number of nitrogens with one attached hydrogen (secondary N) is 5. The van der Waals surface area contributed by atoms with Crippen molar-refractivity contribution in [3.8, 4) is 17.3 Å². The summed E-state index contributed by atoms with van der Waals surface area (Å²) >= 11 is 0. The van der Waals surface area contributed by atoms with E-state index in [0.717, 1.165) is 42.4 Å². The van der Waals surface area contributed by atoms with Gasteiger partial charge in [-0.3, -0.25) is 24.4 Å². The summed E-state index contributed by atoms with van der Waals surface area (Å²) in [6.45, 7) is 3.24. The molecule has 2 aromatic carbocycles. The lowest BCUT2D eigenvalue weighted by Gasteiger charge is -2.47. The Balaban J connectivity index is 0.895. The number of nitrogens with zero attached hydrogens (tertiary/aromatic N) is 6. The molecule has 0 saturated carbocycles. The Kier molecular flexibility index (Phi) is 11.1. The molecule has 16 nitrogen and oxygen atoms in total. The Labute approximate surface area is 324 Å². The number of fused-ring (bicyclic) bond motifs is 1. The number of unbranched alkanes of at least 4 members (excludes halogenated alkanes) is 2. The number of imide groups is 1. The monoisotopic (exact) mass is 777 g/mol. The fourth-order valence-corrected chi connectivity index (χ4v) is 8.31. The van der Waals surface area contributed by atoms with E-state index in [-0.39, 0.29) is 48.9 Å². The van der Waals surface area contributed by atoms with Gasteiger partial charge in [0.2, 0.25) is 27.8 Å². The van der Waals surface area contributed by atoms with Crippen molar-refractivity contribution in [1.29, 1.82) is 5.26 Å². The molecule has 56 heavy (non-hydrogen) atoms. The minimum atomic E-state index is -3.38. The molecular weight excluding hydrogens is 735 g/mol. The molecule has 2 fully saturated rings. The van der Waals surface area contributed by atoms with Crippen LogP contribution in [0.1, 0.15) is 67.3 Å². The van der Waals surface area contributed by atoms with Gasteiger partial charge in [-0.1, -0.05) is 12.1 Å². The number of anilines is 3. The molecule has 5 aromatic rings. The number of sulfonamides is 1. The van der Waals surface area contributed by atoms with Crippen LogP contribution in [0.15, 0.2) is 73.2 Å². The zero-order chi connectivity index (χ0) is 39.3. The Morgan fingerprint density at radius 3 is 2.61 bits per heavy atom. The van der Waals surface area contributed by atoms with E-state index in [4.69, 9.17) is 4.98 Å². The summed E-state index contributed by atoms with van der Waals surface area (Å²) in [5.41, 5.74) is 4.17. The smallest absolute Gasteiger partial charge is 0.251 e. The molecular formula is C39H43N11O5S. The van der Waals surface area contributed by atoms with Crippen LogP contribution in [0, 0.1) is 11.3 Å². The third-order valence-corrected chi connectivity index (χ3v) is 12.0. The second kappa shape index (κ2) is 16.3. The number of aromatic nitrogens is 5. The number of amides is 3. The van der Waals surface area contributed by atoms with E-state index in [1.807, 2.05) is 30.3 Å². The first-order chi connectivity index (χ1) is 27.1. The summed E-state index contributed by atoms with van der Waals surface area (Å²) in [6, 6.07) is 18.8. The number of rotatable bonds is 16. The quantitative estimate of drug-likeness (QED) is 0.0700. The first-order valence-electron chi connectivity index (χ1n) is 18.7. The number of H-pyrrole nitrogens is 1. The van der Waals surface area contributed by atoms with Gasteiger partial charge >= 0.3 is 0 Å². The molecule has 3 aromatic heterocycles. The molecule has 0 aliphatic carbocycles. The topological polar surface area (TPSA) is 220 Å². The van der Waals surface area contributed by atoms with Crippen LogP contribution in [-0.2, 0) is 25.2 Å². The van der Waals surface area contributed by atoms with Crippen LogP contribution < -0.4 is 21.3 Å². The molecule has 7 rings (SSSR count). The second-order valence-electron chi connectivity index (χ2n) is 14.1. The Morgan fingerprint density at radius 1 is 1.04 bits per heavy atom. The normalized spacial score (nSPS) is 16.8. The number of carbonyl (C=O) groups excluding carboxylic acids is 3. The van der Waals surface area contributed by atoms with Crippen molar-refractivity contribution >= 4 is 56.1 Å². The predicted octanol–water partition coefficient (Wildman–Crippen LogP) is 4.37. The van der Waals surface area contributed by atoms with Gasteiger partial charge in [0.05, 0.1) is 36.1 Å². The van der Waals surface area contributed by atoms with Gasteiger partial charge in [-0.05, 0) is 80.6 Å². The number of piperidine rings is 1. The first-order valence-corrected chi connectivity index (χ1v) is 20.3. The number of aromatic amines is 1. The highest BCUT2D eigenvalue weighted by Crippen LogP contribution is 2.36. The van der Waals surface area contributed by atoms with E-state index in [0.29, 0.717) is 53.5 Å². The number of carbonyl (C=O) groups is 3. The Bertz CT molecular complexity index is 2400. The van der Waals surface area contributed by atoms with Gasteiger partial charge in [-0.25, -0.2) is 13.4 Å². The van der Waals surface area contributed by atoms with Crippen LogP contribution in [0.3, 0.4) is 0 Å². The minimum Gasteiger partial charge on any atom is -0.385 e. The van der Waals surface area contributed by atoms with Gasteiger partial charge in [0.25, 0.3) is 5.91 Å². The minimum absolute atomic E-state index is 0.00578. The zero-order valence-electron chi connectivity index (χ0n) is 30.9. The van der Waals surface area contributed by atoms with Gasteiger partial charge in [0.1, 0.15) is 11.2 Å². The molecule has 290 valence electrons. The van der Waals surface area contributed by atoms with E-state index in [1.165, 1.54) is 4.31 Å². The summed E-state index contributed by atoms with van der Waals surface area (Å²) in [6.07, 6.45) is 8.84. The molecule has 1 atom stereocenters. The largest absolute Gasteiger partial charge is 0.385 e. The molecule has 3 amide bonds. The lowest BCUT2D eigenvalue weighted by molar-refractivity contribution is -0.134. The first kappa shape index (κ1) is 38.2. The van der Waals surface area contributed by atoms with Crippen molar-refractivity contribution in [2.45, 2.75) is 56.9 Å². The van der Waals surface area contributed by atoms with Crippen LogP contribution in [0.5, 0.6) is 0 Å². The molecule has 0 bridgehead atoms. The van der Waals surface area contributed by atoms with Crippen molar-refractivity contribution in [3.05, 3.63) is 84.3 Å². The lowest BCUT2D eigenvalue weighted by atomic mass is 9.89. The van der Waals surface area contributed by atoms with Crippen molar-refractivity contribution in [3.63, 3.8) is 0 Å².